The van der Waals surface area contributed by atoms with E-state index in [2.05, 4.69) is 11.4 Å². The predicted octanol–water partition coefficient (Wildman–Crippen LogP) is 3.68. The second-order valence-corrected chi connectivity index (χ2v) is 6.71. The second-order valence-electron chi connectivity index (χ2n) is 6.71. The Kier molecular flexibility index (Phi) is 4.99. The van der Waals surface area contributed by atoms with Crippen LogP contribution in [0, 0.1) is 16.7 Å². The molecule has 7 heteroatoms. The number of urea groups is 1. The highest BCUT2D eigenvalue weighted by Gasteiger charge is 2.42. The van der Waals surface area contributed by atoms with Gasteiger partial charge in [-0.05, 0) is 43.7 Å². The molecule has 0 radical (unpaired) electrons. The number of carbonyl (C=O) groups excluding carboxylic acids is 1. The first-order valence-corrected chi connectivity index (χ1v) is 8.48. The molecule has 0 bridgehead atoms. The minimum Gasteiger partial charge on any atom is -0.481 e. The van der Waals surface area contributed by atoms with E-state index in [0.29, 0.717) is 30.2 Å². The van der Waals surface area contributed by atoms with Gasteiger partial charge in [-0.2, -0.15) is 5.26 Å². The molecule has 0 aliphatic carbocycles. The third-order valence-corrected chi connectivity index (χ3v) is 4.60. The number of aliphatic carboxylic acids is 1. The van der Waals surface area contributed by atoms with E-state index in [1.165, 1.54) is 11.0 Å². The largest absolute Gasteiger partial charge is 0.481 e. The summed E-state index contributed by atoms with van der Waals surface area (Å²) in [7, 11) is 0. The number of nitriles is 1. The summed E-state index contributed by atoms with van der Waals surface area (Å²) in [6.45, 7) is 2.15. The van der Waals surface area contributed by atoms with Crippen LogP contribution in [-0.4, -0.2) is 35.1 Å². The van der Waals surface area contributed by atoms with Gasteiger partial charge in [-0.1, -0.05) is 18.2 Å². The number of hydrogen-bond acceptors (Lipinski definition) is 4. The van der Waals surface area contributed by atoms with Crippen LogP contribution in [0.15, 0.2) is 48.5 Å². The quantitative estimate of drug-likeness (QED) is 0.860. The lowest BCUT2D eigenvalue weighted by atomic mass is 9.90. The molecule has 1 heterocycles. The fourth-order valence-corrected chi connectivity index (χ4v) is 2.91. The molecule has 1 fully saturated rings. The number of benzene rings is 2. The smallest absolute Gasteiger partial charge is 0.321 e. The maximum absolute atomic E-state index is 12.4. The number of carbonyl (C=O) groups is 2. The van der Waals surface area contributed by atoms with Crippen molar-refractivity contribution in [1.82, 2.24) is 4.90 Å². The van der Waals surface area contributed by atoms with Gasteiger partial charge in [0.1, 0.15) is 17.6 Å². The Bertz CT molecular complexity index is 907. The maximum atomic E-state index is 12.4. The molecule has 1 aliphatic heterocycles. The Hall–Kier alpha value is -3.53. The van der Waals surface area contributed by atoms with Crippen molar-refractivity contribution in [1.29, 1.82) is 5.26 Å². The van der Waals surface area contributed by atoms with Crippen molar-refractivity contribution in [3.8, 4) is 17.6 Å². The predicted molar refractivity (Wildman–Crippen MR) is 98.6 cm³/mol. The average molecular weight is 365 g/mol. The molecule has 0 spiro atoms. The molecule has 1 aliphatic rings. The molecule has 2 aromatic carbocycles. The molecule has 1 saturated heterocycles. The first-order valence-electron chi connectivity index (χ1n) is 8.48. The van der Waals surface area contributed by atoms with Crippen LogP contribution in [-0.2, 0) is 4.79 Å². The summed E-state index contributed by atoms with van der Waals surface area (Å²) in [6.07, 6.45) is 0.406. The number of likely N-dealkylation sites (tertiary alicyclic amines) is 1. The van der Waals surface area contributed by atoms with Crippen molar-refractivity contribution in [3.63, 3.8) is 0 Å². The number of para-hydroxylation sites is 1. The fraction of sp³-hybridized carbons (Fsp3) is 0.250. The summed E-state index contributed by atoms with van der Waals surface area (Å²) in [5.41, 5.74) is -0.197. The number of nitrogens with zero attached hydrogens (tertiary/aromatic N) is 2. The van der Waals surface area contributed by atoms with Gasteiger partial charge in [0.05, 0.1) is 11.0 Å². The summed E-state index contributed by atoms with van der Waals surface area (Å²) in [6, 6.07) is 15.6. The third kappa shape index (κ3) is 4.01. The van der Waals surface area contributed by atoms with Gasteiger partial charge in [-0.25, -0.2) is 4.79 Å². The van der Waals surface area contributed by atoms with E-state index in [9.17, 15) is 20.0 Å². The van der Waals surface area contributed by atoms with Gasteiger partial charge in [-0.15, -0.1) is 0 Å². The molecule has 1 atom stereocenters. The van der Waals surface area contributed by atoms with Crippen molar-refractivity contribution in [2.45, 2.75) is 13.3 Å². The van der Waals surface area contributed by atoms with Crippen molar-refractivity contribution in [3.05, 3.63) is 54.1 Å². The van der Waals surface area contributed by atoms with E-state index in [-0.39, 0.29) is 18.1 Å². The topological polar surface area (TPSA) is 103 Å². The Balaban J connectivity index is 1.70. The summed E-state index contributed by atoms with van der Waals surface area (Å²) >= 11 is 0. The van der Waals surface area contributed by atoms with Gasteiger partial charge in [0, 0.05) is 18.8 Å². The zero-order valence-corrected chi connectivity index (χ0v) is 14.8. The van der Waals surface area contributed by atoms with Crippen LogP contribution in [0.4, 0.5) is 10.5 Å². The standard InChI is InChI=1S/C20H19N3O4/c1-20(18(24)25)9-10-23(13-20)19(26)22-15-7-8-17(14(11-15)12-21)27-16-5-3-2-4-6-16/h2-8,11H,9-10,13H2,1H3,(H,22,26)(H,24,25). The Morgan fingerprint density at radius 2 is 2.00 bits per heavy atom. The summed E-state index contributed by atoms with van der Waals surface area (Å²) in [5, 5.41) is 21.4. The second kappa shape index (κ2) is 7.38. The van der Waals surface area contributed by atoms with E-state index in [4.69, 9.17) is 4.74 Å². The van der Waals surface area contributed by atoms with Crippen molar-refractivity contribution in [2.24, 2.45) is 5.41 Å². The first-order chi connectivity index (χ1) is 12.9. The molecule has 138 valence electrons. The molecular formula is C20H19N3O4. The highest BCUT2D eigenvalue weighted by Crippen LogP contribution is 2.31. The zero-order valence-electron chi connectivity index (χ0n) is 14.8. The lowest BCUT2D eigenvalue weighted by Gasteiger charge is -2.20. The molecule has 2 amide bonds. The SMILES string of the molecule is CC1(C(=O)O)CCN(C(=O)Nc2ccc(Oc3ccccc3)c(C#N)c2)C1. The Labute approximate surface area is 156 Å². The van der Waals surface area contributed by atoms with Gasteiger partial charge >= 0.3 is 12.0 Å². The molecule has 1 unspecified atom stereocenters. The molecule has 27 heavy (non-hydrogen) atoms. The number of nitrogens with one attached hydrogen (secondary N) is 1. The summed E-state index contributed by atoms with van der Waals surface area (Å²) in [4.78, 5) is 25.2. The maximum Gasteiger partial charge on any atom is 0.321 e. The van der Waals surface area contributed by atoms with Crippen LogP contribution in [0.1, 0.15) is 18.9 Å². The minimum atomic E-state index is -0.928. The normalized spacial score (nSPS) is 18.6. The van der Waals surface area contributed by atoms with Crippen LogP contribution < -0.4 is 10.1 Å². The first kappa shape index (κ1) is 18.3. The van der Waals surface area contributed by atoms with E-state index in [1.54, 1.807) is 31.2 Å². The van der Waals surface area contributed by atoms with Gasteiger partial charge in [0.25, 0.3) is 0 Å². The number of rotatable bonds is 4. The van der Waals surface area contributed by atoms with Crippen LogP contribution in [0.2, 0.25) is 0 Å². The number of amides is 2. The number of carboxylic acid groups (broad SMARTS) is 1. The molecule has 0 aromatic heterocycles. The monoisotopic (exact) mass is 365 g/mol. The molecule has 2 N–H and O–H groups in total. The zero-order chi connectivity index (χ0) is 19.4. The molecular weight excluding hydrogens is 346 g/mol. The number of ether oxygens (including phenoxy) is 1. The fourth-order valence-electron chi connectivity index (χ4n) is 2.91. The van der Waals surface area contributed by atoms with Gasteiger partial charge < -0.3 is 20.1 Å². The van der Waals surface area contributed by atoms with Crippen LogP contribution >= 0.6 is 0 Å². The summed E-state index contributed by atoms with van der Waals surface area (Å²) in [5.74, 6) is 0.0871. The molecule has 2 aromatic rings. The number of carboxylic acids is 1. The Morgan fingerprint density at radius 3 is 2.63 bits per heavy atom. The van der Waals surface area contributed by atoms with Gasteiger partial charge in [0.2, 0.25) is 0 Å². The lowest BCUT2D eigenvalue weighted by Crippen LogP contribution is -2.37. The van der Waals surface area contributed by atoms with Crippen LogP contribution in [0.3, 0.4) is 0 Å². The molecule has 7 nitrogen and oxygen atoms in total. The van der Waals surface area contributed by atoms with E-state index in [1.807, 2.05) is 18.2 Å². The van der Waals surface area contributed by atoms with E-state index < -0.39 is 11.4 Å². The highest BCUT2D eigenvalue weighted by atomic mass is 16.5. The Morgan fingerprint density at radius 1 is 1.26 bits per heavy atom. The van der Waals surface area contributed by atoms with Crippen molar-refractivity contribution >= 4 is 17.7 Å². The molecule has 3 rings (SSSR count). The molecule has 0 saturated carbocycles. The average Bonchev–Trinajstić information content (AvgIpc) is 3.08. The van der Waals surface area contributed by atoms with Gasteiger partial charge in [-0.3, -0.25) is 4.79 Å². The van der Waals surface area contributed by atoms with Crippen LogP contribution in [0.5, 0.6) is 11.5 Å². The highest BCUT2D eigenvalue weighted by molar-refractivity contribution is 5.90. The number of anilines is 1. The lowest BCUT2D eigenvalue weighted by molar-refractivity contribution is -0.146. The van der Waals surface area contributed by atoms with E-state index in [0.717, 1.165) is 0 Å². The van der Waals surface area contributed by atoms with Crippen LogP contribution in [0.25, 0.3) is 0 Å². The van der Waals surface area contributed by atoms with E-state index >= 15 is 0 Å². The number of hydrogen-bond donors (Lipinski definition) is 2. The third-order valence-electron chi connectivity index (χ3n) is 4.60. The minimum absolute atomic E-state index is 0.147. The van der Waals surface area contributed by atoms with Crippen molar-refractivity contribution in [2.75, 3.05) is 18.4 Å². The van der Waals surface area contributed by atoms with Gasteiger partial charge in [0.15, 0.2) is 0 Å². The van der Waals surface area contributed by atoms with Crippen molar-refractivity contribution < 1.29 is 19.4 Å². The summed E-state index contributed by atoms with van der Waals surface area (Å²) < 4.78 is 5.70.